The lowest BCUT2D eigenvalue weighted by molar-refractivity contribution is 0.671. The topological polar surface area (TPSA) is 69.3 Å². The molecule has 3 aromatic heterocycles. The van der Waals surface area contributed by atoms with Crippen LogP contribution in [0.5, 0.6) is 0 Å². The number of rotatable bonds is 5. The highest BCUT2D eigenvalue weighted by Crippen LogP contribution is 2.21. The summed E-state index contributed by atoms with van der Waals surface area (Å²) >= 11 is 1.38. The molecule has 0 N–H and O–H groups in total. The van der Waals surface area contributed by atoms with Gasteiger partial charge in [-0.3, -0.25) is 18.6 Å². The first-order chi connectivity index (χ1) is 13.2. The lowest BCUT2D eigenvalue weighted by Crippen LogP contribution is -2.22. The summed E-state index contributed by atoms with van der Waals surface area (Å²) in [4.78, 5) is 34.2. The maximum Gasteiger partial charge on any atom is 0.262 e. The molecule has 0 aliphatic carbocycles. The molecule has 6 nitrogen and oxygen atoms in total. The number of thioether (sulfide) groups is 1. The number of allylic oxidation sites excluding steroid dienone is 1. The second-order valence-electron chi connectivity index (χ2n) is 5.92. The van der Waals surface area contributed by atoms with Crippen molar-refractivity contribution in [2.45, 2.75) is 17.5 Å². The Morgan fingerprint density at radius 3 is 2.74 bits per heavy atom. The largest absolute Gasteiger partial charge is 0.283 e. The van der Waals surface area contributed by atoms with Crippen LogP contribution >= 0.6 is 11.8 Å². The number of fused-ring (bicyclic) bond motifs is 2. The minimum atomic E-state index is -0.133. The normalized spacial score (nSPS) is 11.1. The van der Waals surface area contributed by atoms with Gasteiger partial charge in [-0.15, -0.1) is 6.58 Å². The highest BCUT2D eigenvalue weighted by molar-refractivity contribution is 7.98. The van der Waals surface area contributed by atoms with Crippen molar-refractivity contribution in [1.29, 1.82) is 0 Å². The Morgan fingerprint density at radius 1 is 1.07 bits per heavy atom. The van der Waals surface area contributed by atoms with E-state index in [1.54, 1.807) is 35.0 Å². The van der Waals surface area contributed by atoms with Crippen LogP contribution in [0.2, 0.25) is 0 Å². The van der Waals surface area contributed by atoms with E-state index in [1.165, 1.54) is 22.2 Å². The Hall–Kier alpha value is -3.19. The van der Waals surface area contributed by atoms with E-state index >= 15 is 0 Å². The number of nitrogens with zero attached hydrogens (tertiary/aromatic N) is 4. The van der Waals surface area contributed by atoms with E-state index in [2.05, 4.69) is 16.5 Å². The maximum absolute atomic E-state index is 12.8. The summed E-state index contributed by atoms with van der Waals surface area (Å²) < 4.78 is 3.09. The number of hydrogen-bond acceptors (Lipinski definition) is 5. The van der Waals surface area contributed by atoms with Crippen molar-refractivity contribution in [2.24, 2.45) is 0 Å². The van der Waals surface area contributed by atoms with Crippen LogP contribution in [0.15, 0.2) is 82.1 Å². The van der Waals surface area contributed by atoms with Gasteiger partial charge in [-0.05, 0) is 24.3 Å². The number of aromatic nitrogens is 4. The molecule has 0 fully saturated rings. The van der Waals surface area contributed by atoms with Crippen LogP contribution in [0.1, 0.15) is 5.69 Å². The smallest absolute Gasteiger partial charge is 0.262 e. The minimum absolute atomic E-state index is 0.102. The standard InChI is InChI=1S/C20H16N4O2S/c1-2-10-24-19(26)15-7-3-4-8-16(15)22-20(24)27-13-14-12-18(25)23-11-6-5-9-17(23)21-14/h2-9,11-12H,1,10,13H2. The highest BCUT2D eigenvalue weighted by atomic mass is 32.2. The molecular formula is C20H16N4O2S. The van der Waals surface area contributed by atoms with Crippen molar-refractivity contribution < 1.29 is 0 Å². The van der Waals surface area contributed by atoms with E-state index in [9.17, 15) is 9.59 Å². The molecule has 0 bridgehead atoms. The van der Waals surface area contributed by atoms with Crippen LogP contribution in [0, 0.1) is 0 Å². The fourth-order valence-electron chi connectivity index (χ4n) is 2.86. The molecule has 4 rings (SSSR count). The van der Waals surface area contributed by atoms with Crippen LogP contribution in [-0.2, 0) is 12.3 Å². The van der Waals surface area contributed by atoms with Crippen molar-refractivity contribution in [3.63, 3.8) is 0 Å². The number of benzene rings is 1. The van der Waals surface area contributed by atoms with E-state index in [0.717, 1.165) is 0 Å². The molecule has 0 saturated carbocycles. The summed E-state index contributed by atoms with van der Waals surface area (Å²) in [5.41, 5.74) is 1.65. The van der Waals surface area contributed by atoms with Gasteiger partial charge in [-0.1, -0.05) is 36.0 Å². The number of pyridine rings is 1. The molecule has 4 aromatic rings. The van der Waals surface area contributed by atoms with Crippen molar-refractivity contribution in [3.8, 4) is 0 Å². The van der Waals surface area contributed by atoms with Gasteiger partial charge in [0.25, 0.3) is 11.1 Å². The Balaban J connectivity index is 1.73. The van der Waals surface area contributed by atoms with E-state index in [1.807, 2.05) is 24.3 Å². The zero-order valence-electron chi connectivity index (χ0n) is 14.4. The van der Waals surface area contributed by atoms with Gasteiger partial charge >= 0.3 is 0 Å². The lowest BCUT2D eigenvalue weighted by atomic mass is 10.2. The van der Waals surface area contributed by atoms with Crippen LogP contribution in [-0.4, -0.2) is 18.9 Å². The summed E-state index contributed by atoms with van der Waals surface area (Å²) in [6, 6.07) is 14.2. The Morgan fingerprint density at radius 2 is 1.89 bits per heavy atom. The van der Waals surface area contributed by atoms with Crippen molar-refractivity contribution in [2.75, 3.05) is 0 Å². The summed E-state index contributed by atoms with van der Waals surface area (Å²) in [7, 11) is 0. The molecule has 0 atom stereocenters. The predicted octanol–water partition coefficient (Wildman–Crippen LogP) is 2.88. The molecule has 1 aromatic carbocycles. The fraction of sp³-hybridized carbons (Fsp3) is 0.100. The molecule has 0 aliphatic heterocycles. The first kappa shape index (κ1) is 17.2. The fourth-order valence-corrected chi connectivity index (χ4v) is 3.76. The van der Waals surface area contributed by atoms with E-state index < -0.39 is 0 Å². The lowest BCUT2D eigenvalue weighted by Gasteiger charge is -2.11. The zero-order valence-corrected chi connectivity index (χ0v) is 15.2. The Labute approximate surface area is 158 Å². The van der Waals surface area contributed by atoms with Gasteiger partial charge in [0.2, 0.25) is 0 Å². The summed E-state index contributed by atoms with van der Waals surface area (Å²) in [6.45, 7) is 4.10. The molecule has 3 heterocycles. The third-order valence-corrected chi connectivity index (χ3v) is 5.12. The molecule has 0 aliphatic rings. The molecule has 0 amide bonds. The van der Waals surface area contributed by atoms with Gasteiger partial charge in [0.15, 0.2) is 5.16 Å². The van der Waals surface area contributed by atoms with E-state index in [0.29, 0.717) is 39.7 Å². The minimum Gasteiger partial charge on any atom is -0.283 e. The van der Waals surface area contributed by atoms with Crippen LogP contribution < -0.4 is 11.1 Å². The quantitative estimate of drug-likeness (QED) is 0.304. The van der Waals surface area contributed by atoms with Crippen molar-refractivity contribution in [3.05, 3.63) is 93.8 Å². The predicted molar refractivity (Wildman–Crippen MR) is 107 cm³/mol. The summed E-state index contributed by atoms with van der Waals surface area (Å²) in [5, 5.41) is 1.15. The molecule has 134 valence electrons. The third kappa shape index (κ3) is 3.29. The van der Waals surface area contributed by atoms with E-state index in [4.69, 9.17) is 0 Å². The first-order valence-corrected chi connectivity index (χ1v) is 9.36. The Kier molecular flexibility index (Phi) is 4.60. The molecule has 0 saturated heterocycles. The van der Waals surface area contributed by atoms with Gasteiger partial charge in [0.05, 0.1) is 16.6 Å². The SMILES string of the molecule is C=CCn1c(SCc2cc(=O)n3ccccc3n2)nc2ccccc2c1=O. The van der Waals surface area contributed by atoms with Gasteiger partial charge in [0, 0.05) is 24.6 Å². The second-order valence-corrected chi connectivity index (χ2v) is 6.86. The van der Waals surface area contributed by atoms with Crippen molar-refractivity contribution in [1.82, 2.24) is 18.9 Å². The second kappa shape index (κ2) is 7.20. The first-order valence-electron chi connectivity index (χ1n) is 8.38. The summed E-state index contributed by atoms with van der Waals surface area (Å²) in [5.74, 6) is 0.433. The third-order valence-electron chi connectivity index (χ3n) is 4.11. The van der Waals surface area contributed by atoms with Crippen LogP contribution in [0.25, 0.3) is 16.6 Å². The molecule has 0 spiro atoms. The summed E-state index contributed by atoms with van der Waals surface area (Å²) in [6.07, 6.45) is 3.36. The van der Waals surface area contributed by atoms with Crippen LogP contribution in [0.4, 0.5) is 0 Å². The molecule has 0 radical (unpaired) electrons. The van der Waals surface area contributed by atoms with Gasteiger partial charge in [-0.25, -0.2) is 9.97 Å². The highest BCUT2D eigenvalue weighted by Gasteiger charge is 2.11. The number of hydrogen-bond donors (Lipinski definition) is 0. The molecule has 7 heteroatoms. The molecule has 27 heavy (non-hydrogen) atoms. The number of para-hydroxylation sites is 1. The van der Waals surface area contributed by atoms with Gasteiger partial charge in [0.1, 0.15) is 5.65 Å². The van der Waals surface area contributed by atoms with E-state index in [-0.39, 0.29) is 11.1 Å². The van der Waals surface area contributed by atoms with Gasteiger partial charge in [-0.2, -0.15) is 0 Å². The maximum atomic E-state index is 12.8. The zero-order chi connectivity index (χ0) is 18.8. The average molecular weight is 376 g/mol. The monoisotopic (exact) mass is 376 g/mol. The average Bonchev–Trinajstić information content (AvgIpc) is 2.69. The molecular weight excluding hydrogens is 360 g/mol. The molecule has 0 unspecified atom stereocenters. The van der Waals surface area contributed by atoms with Crippen LogP contribution in [0.3, 0.4) is 0 Å². The Bertz CT molecular complexity index is 1280. The van der Waals surface area contributed by atoms with Gasteiger partial charge < -0.3 is 0 Å². The van der Waals surface area contributed by atoms with Crippen molar-refractivity contribution >= 4 is 28.3 Å².